The third kappa shape index (κ3) is 11.9. The van der Waals surface area contributed by atoms with Crippen LogP contribution in [0.1, 0.15) is 22.0 Å². The van der Waals surface area contributed by atoms with Crippen molar-refractivity contribution in [3.8, 4) is 34.1 Å². The highest BCUT2D eigenvalue weighted by Crippen LogP contribution is 2.47. The molecule has 1 aliphatic rings. The van der Waals surface area contributed by atoms with E-state index in [0.29, 0.717) is 0 Å². The number of aliphatic hydroxyl groups is 1. The zero-order chi connectivity index (χ0) is 43.2. The number of carbonyl (C=O) groups excluding carboxylic acids is 1. The smallest absolute Gasteiger partial charge is 0.488 e. The van der Waals surface area contributed by atoms with Gasteiger partial charge in [0.1, 0.15) is 23.9 Å². The highest BCUT2D eigenvalue weighted by Gasteiger charge is 2.46. The number of rotatable bonds is 13. The van der Waals surface area contributed by atoms with Crippen molar-refractivity contribution in [1.29, 1.82) is 0 Å². The summed E-state index contributed by atoms with van der Waals surface area (Å²) in [6.07, 6.45) is -30.5. The van der Waals surface area contributed by atoms with Gasteiger partial charge in [0.2, 0.25) is 0 Å². The van der Waals surface area contributed by atoms with Crippen molar-refractivity contribution in [2.75, 3.05) is 23.9 Å². The molecule has 0 spiro atoms. The standard InChI is InChI=1S/C26H19F10NO4.C10H7ClF4O2/c27-23(28)25(32,33)40-16-6-2-5-15(11-16)20-13-39-22-18(14-4-1-7-17(10-14)41-26(34,35)36)8-3-9-19(22)37(20)12-21(38)24(29,30)31;11-5-8(16)6-2-1-3-7(4-6)17-10(14,15)9(12)13/h1-11,20-21,23,38H,12-13H2;1-4,9H,5H2. The lowest BCUT2D eigenvalue weighted by atomic mass is 9.98. The Bertz CT molecular complexity index is 2010. The second kappa shape index (κ2) is 18.2. The van der Waals surface area contributed by atoms with Crippen LogP contribution in [0.25, 0.3) is 11.1 Å². The molecule has 0 radical (unpaired) electrons. The van der Waals surface area contributed by atoms with E-state index in [1.165, 1.54) is 48.5 Å². The first-order valence-corrected chi connectivity index (χ1v) is 16.6. The van der Waals surface area contributed by atoms with Gasteiger partial charge < -0.3 is 29.0 Å². The second-order valence-corrected chi connectivity index (χ2v) is 12.1. The fraction of sp³-hybridized carbons (Fsp3) is 0.306. The topological polar surface area (TPSA) is 77.5 Å². The molecule has 0 amide bonds. The molecule has 5 rings (SSSR count). The summed E-state index contributed by atoms with van der Waals surface area (Å²) in [6, 6.07) is 16.6. The van der Waals surface area contributed by atoms with E-state index in [1.807, 2.05) is 0 Å². The minimum Gasteiger partial charge on any atom is -0.488 e. The van der Waals surface area contributed by atoms with Crippen molar-refractivity contribution in [2.45, 2.75) is 49.8 Å². The Balaban J connectivity index is 0.000000366. The first-order chi connectivity index (χ1) is 26.9. The van der Waals surface area contributed by atoms with Crippen molar-refractivity contribution < 1.29 is 90.3 Å². The Kier molecular flexibility index (Phi) is 14.3. The van der Waals surface area contributed by atoms with Crippen LogP contribution in [0.2, 0.25) is 0 Å². The molecule has 0 aliphatic carbocycles. The van der Waals surface area contributed by atoms with Gasteiger partial charge in [0.25, 0.3) is 0 Å². The molecule has 2 atom stereocenters. The van der Waals surface area contributed by atoms with Crippen LogP contribution < -0.4 is 23.8 Å². The number of β-amino-alcohol motifs (C(OH)–C–C–N with tert-alkyl or cyclic N) is 1. The van der Waals surface area contributed by atoms with Gasteiger partial charge in [0.05, 0.1) is 24.2 Å². The zero-order valence-electron chi connectivity index (χ0n) is 28.7. The average Bonchev–Trinajstić information content (AvgIpc) is 3.13. The Morgan fingerprint density at radius 3 is 1.83 bits per heavy atom. The summed E-state index contributed by atoms with van der Waals surface area (Å²) >= 11 is 5.26. The molecule has 4 aromatic rings. The second-order valence-electron chi connectivity index (χ2n) is 11.9. The summed E-state index contributed by atoms with van der Waals surface area (Å²) in [6.45, 7) is -1.49. The molecule has 0 aromatic heterocycles. The monoisotopic (exact) mass is 869 g/mol. The summed E-state index contributed by atoms with van der Waals surface area (Å²) < 4.78 is 197. The number of ketones is 1. The summed E-state index contributed by atoms with van der Waals surface area (Å²) in [4.78, 5) is 12.2. The number of benzene rings is 4. The number of alkyl halides is 15. The number of halogens is 15. The Hall–Kier alpha value is -5.18. The molecular formula is C36H26ClF14NO6. The van der Waals surface area contributed by atoms with E-state index in [9.17, 15) is 71.4 Å². The molecule has 1 heterocycles. The van der Waals surface area contributed by atoms with Crippen molar-refractivity contribution in [3.63, 3.8) is 0 Å². The largest absolute Gasteiger partial charge is 0.573 e. The molecule has 0 saturated heterocycles. The van der Waals surface area contributed by atoms with Gasteiger partial charge in [-0.3, -0.25) is 4.79 Å². The van der Waals surface area contributed by atoms with Crippen molar-refractivity contribution in [1.82, 2.24) is 0 Å². The summed E-state index contributed by atoms with van der Waals surface area (Å²) in [5.74, 6) is -2.69. The molecule has 4 aromatic carbocycles. The van der Waals surface area contributed by atoms with Gasteiger partial charge in [-0.25, -0.2) is 0 Å². The van der Waals surface area contributed by atoms with E-state index in [1.54, 1.807) is 0 Å². The number of ether oxygens (including phenoxy) is 4. The quantitative estimate of drug-likeness (QED) is 0.0815. The summed E-state index contributed by atoms with van der Waals surface area (Å²) in [5.41, 5.74) is 0.353. The normalized spacial score (nSPS) is 15.2. The molecule has 2 unspecified atom stereocenters. The van der Waals surface area contributed by atoms with Crippen LogP contribution in [0.3, 0.4) is 0 Å². The zero-order valence-corrected chi connectivity index (χ0v) is 29.5. The van der Waals surface area contributed by atoms with Crippen LogP contribution in [-0.4, -0.2) is 73.6 Å². The highest BCUT2D eigenvalue weighted by molar-refractivity contribution is 6.30. The average molecular weight is 870 g/mol. The fourth-order valence-corrected chi connectivity index (χ4v) is 5.36. The van der Waals surface area contributed by atoms with Gasteiger partial charge in [-0.2, -0.15) is 48.3 Å². The maximum absolute atomic E-state index is 13.5. The maximum Gasteiger partial charge on any atom is 0.573 e. The van der Waals surface area contributed by atoms with E-state index in [-0.39, 0.29) is 39.6 Å². The number of hydrogen-bond donors (Lipinski definition) is 1. The lowest BCUT2D eigenvalue weighted by Crippen LogP contribution is -2.46. The third-order valence-electron chi connectivity index (χ3n) is 7.73. The van der Waals surface area contributed by atoms with Gasteiger partial charge in [-0.1, -0.05) is 48.5 Å². The van der Waals surface area contributed by atoms with Crippen molar-refractivity contribution in [2.24, 2.45) is 0 Å². The first kappa shape index (κ1) is 45.5. The molecule has 58 heavy (non-hydrogen) atoms. The van der Waals surface area contributed by atoms with E-state index in [2.05, 4.69) is 14.2 Å². The van der Waals surface area contributed by atoms with Crippen LogP contribution >= 0.6 is 11.6 Å². The van der Waals surface area contributed by atoms with Crippen LogP contribution in [-0.2, 0) is 0 Å². The minimum absolute atomic E-state index is 0.0163. The fourth-order valence-electron chi connectivity index (χ4n) is 5.20. The SMILES string of the molecule is O=C(CCl)c1cccc(OC(F)(F)C(F)F)c1.OC(CN1c2cccc(-c3cccc(OC(F)(F)F)c3)c2OCC1c1cccc(OC(F)(F)C(F)F)c1)C(F)(F)F. The van der Waals surface area contributed by atoms with Crippen LogP contribution in [0, 0.1) is 0 Å². The molecule has 1 aliphatic heterocycles. The van der Waals surface area contributed by atoms with Crippen molar-refractivity contribution in [3.05, 3.63) is 102 Å². The van der Waals surface area contributed by atoms with Gasteiger partial charge in [0.15, 0.2) is 17.6 Å². The Morgan fingerprint density at radius 2 is 1.28 bits per heavy atom. The van der Waals surface area contributed by atoms with Crippen LogP contribution in [0.5, 0.6) is 23.0 Å². The molecular weight excluding hydrogens is 844 g/mol. The number of nitrogens with zero attached hydrogens (tertiary/aromatic N) is 1. The number of Topliss-reactive ketones (excluding diaryl/α,β-unsaturated/α-hetero) is 1. The number of anilines is 1. The van der Waals surface area contributed by atoms with E-state index in [4.69, 9.17) is 16.3 Å². The van der Waals surface area contributed by atoms with Gasteiger partial charge in [-0.05, 0) is 53.6 Å². The van der Waals surface area contributed by atoms with E-state index < -0.39 is 85.9 Å². The van der Waals surface area contributed by atoms with Gasteiger partial charge in [-0.15, -0.1) is 24.8 Å². The number of para-hydroxylation sites is 1. The Morgan fingerprint density at radius 1 is 0.741 bits per heavy atom. The van der Waals surface area contributed by atoms with Crippen LogP contribution in [0.4, 0.5) is 67.2 Å². The Labute approximate surface area is 323 Å². The third-order valence-corrected chi connectivity index (χ3v) is 7.97. The predicted molar refractivity (Wildman–Crippen MR) is 177 cm³/mol. The van der Waals surface area contributed by atoms with E-state index >= 15 is 0 Å². The lowest BCUT2D eigenvalue weighted by Gasteiger charge is -2.41. The number of hydrogen-bond acceptors (Lipinski definition) is 7. The molecule has 316 valence electrons. The minimum atomic E-state index is -5.06. The van der Waals surface area contributed by atoms with Crippen LogP contribution in [0.15, 0.2) is 91.0 Å². The van der Waals surface area contributed by atoms with Crippen molar-refractivity contribution >= 4 is 23.1 Å². The summed E-state index contributed by atoms with van der Waals surface area (Å²) in [5, 5.41) is 9.89. The lowest BCUT2D eigenvalue weighted by molar-refractivity contribution is -0.274. The van der Waals surface area contributed by atoms with Gasteiger partial charge >= 0.3 is 37.6 Å². The summed E-state index contributed by atoms with van der Waals surface area (Å²) in [7, 11) is 0. The molecule has 7 nitrogen and oxygen atoms in total. The molecule has 1 N–H and O–H groups in total. The first-order valence-electron chi connectivity index (χ1n) is 16.0. The number of fused-ring (bicyclic) bond motifs is 1. The van der Waals surface area contributed by atoms with Gasteiger partial charge in [0, 0.05) is 11.1 Å². The molecule has 0 fully saturated rings. The maximum atomic E-state index is 13.5. The number of aliphatic hydroxyl groups excluding tert-OH is 1. The molecule has 0 bridgehead atoms. The highest BCUT2D eigenvalue weighted by atomic mass is 35.5. The number of carbonyl (C=O) groups is 1. The molecule has 22 heteroatoms. The molecule has 0 saturated carbocycles. The van der Waals surface area contributed by atoms with E-state index in [0.717, 1.165) is 47.4 Å². The predicted octanol–water partition coefficient (Wildman–Crippen LogP) is 10.7.